The first-order valence-electron chi connectivity index (χ1n) is 7.15. The fourth-order valence-electron chi connectivity index (χ4n) is 2.79. The van der Waals surface area contributed by atoms with Crippen molar-refractivity contribution >= 4 is 31.2 Å². The molecule has 2 heterocycles. The van der Waals surface area contributed by atoms with Gasteiger partial charge in [-0.15, -0.1) is 11.3 Å². The van der Waals surface area contributed by atoms with Crippen molar-refractivity contribution in [3.05, 3.63) is 46.7 Å². The molecule has 1 aliphatic heterocycles. The molecule has 5 nitrogen and oxygen atoms in total. The van der Waals surface area contributed by atoms with Gasteiger partial charge >= 0.3 is 0 Å². The molecule has 1 fully saturated rings. The molecule has 0 aliphatic carbocycles. The Hall–Kier alpha value is -1.22. The second kappa shape index (κ2) is 6.01. The lowest BCUT2D eigenvalue weighted by Crippen LogP contribution is -2.30. The predicted molar refractivity (Wildman–Crippen MR) is 89.7 cm³/mol. The maximum Gasteiger partial charge on any atom is 0.243 e. The third-order valence-corrected chi connectivity index (χ3v) is 7.96. The van der Waals surface area contributed by atoms with Gasteiger partial charge in [-0.25, -0.2) is 16.8 Å². The van der Waals surface area contributed by atoms with Gasteiger partial charge in [0.15, 0.2) is 9.84 Å². The molecule has 0 spiro atoms. The number of benzene rings is 1. The van der Waals surface area contributed by atoms with Crippen molar-refractivity contribution in [1.29, 1.82) is 0 Å². The van der Waals surface area contributed by atoms with Crippen molar-refractivity contribution in [2.75, 3.05) is 12.8 Å². The number of sulfonamides is 1. The van der Waals surface area contributed by atoms with E-state index in [0.29, 0.717) is 6.54 Å². The Labute approximate surface area is 140 Å². The quantitative estimate of drug-likeness (QED) is 0.828. The first-order valence-corrected chi connectivity index (χ1v) is 11.4. The van der Waals surface area contributed by atoms with Crippen molar-refractivity contribution < 1.29 is 16.8 Å². The molecule has 8 heteroatoms. The van der Waals surface area contributed by atoms with E-state index in [4.69, 9.17) is 0 Å². The van der Waals surface area contributed by atoms with Gasteiger partial charge in [0.05, 0.1) is 15.8 Å². The summed E-state index contributed by atoms with van der Waals surface area (Å²) in [4.78, 5) is 1.29. The molecule has 0 amide bonds. The average Bonchev–Trinajstić information content (AvgIpc) is 3.17. The van der Waals surface area contributed by atoms with E-state index in [2.05, 4.69) is 0 Å². The fourth-order valence-corrected chi connectivity index (χ4v) is 6.03. The van der Waals surface area contributed by atoms with Gasteiger partial charge < -0.3 is 0 Å². The summed E-state index contributed by atoms with van der Waals surface area (Å²) < 4.78 is 50.3. The maximum absolute atomic E-state index is 12.9. The number of sulfone groups is 1. The van der Waals surface area contributed by atoms with E-state index in [1.54, 1.807) is 11.3 Å². The zero-order valence-electron chi connectivity index (χ0n) is 12.5. The van der Waals surface area contributed by atoms with Crippen LogP contribution >= 0.6 is 11.3 Å². The lowest BCUT2D eigenvalue weighted by molar-refractivity contribution is 0.401. The Balaban J connectivity index is 1.95. The Morgan fingerprint density at radius 1 is 1.04 bits per heavy atom. The van der Waals surface area contributed by atoms with Gasteiger partial charge in [0.25, 0.3) is 0 Å². The molecule has 1 atom stereocenters. The normalized spacial score (nSPS) is 20.0. The summed E-state index contributed by atoms with van der Waals surface area (Å²) in [6.45, 7) is 0.485. The summed E-state index contributed by atoms with van der Waals surface area (Å²) in [6.07, 6.45) is 2.73. The predicted octanol–water partition coefficient (Wildman–Crippen LogP) is 2.68. The minimum Gasteiger partial charge on any atom is -0.224 e. The molecular weight excluding hydrogens is 354 g/mol. The molecule has 23 heavy (non-hydrogen) atoms. The Bertz CT molecular complexity index is 885. The molecule has 0 N–H and O–H groups in total. The summed E-state index contributed by atoms with van der Waals surface area (Å²) in [7, 11) is -6.97. The molecule has 0 bridgehead atoms. The summed E-state index contributed by atoms with van der Waals surface area (Å²) in [6, 6.07) is 9.18. The first kappa shape index (κ1) is 16.6. The first-order chi connectivity index (χ1) is 10.8. The van der Waals surface area contributed by atoms with Gasteiger partial charge in [-0.2, -0.15) is 4.31 Å². The SMILES string of the molecule is CS(=O)(=O)c1ccc(S(=O)(=O)N2CCCC2c2cccs2)cc1. The highest BCUT2D eigenvalue weighted by Gasteiger charge is 2.36. The third kappa shape index (κ3) is 3.21. The van der Waals surface area contributed by atoms with Crippen LogP contribution in [0.25, 0.3) is 0 Å². The van der Waals surface area contributed by atoms with E-state index < -0.39 is 19.9 Å². The van der Waals surface area contributed by atoms with Gasteiger partial charge in [0, 0.05) is 17.7 Å². The molecule has 1 aliphatic rings. The average molecular weight is 372 g/mol. The summed E-state index contributed by atoms with van der Waals surface area (Å²) in [5, 5.41) is 1.94. The summed E-state index contributed by atoms with van der Waals surface area (Å²) in [5.74, 6) is 0. The van der Waals surface area contributed by atoms with Crippen molar-refractivity contribution in [1.82, 2.24) is 4.31 Å². The van der Waals surface area contributed by atoms with Crippen LogP contribution in [0.15, 0.2) is 51.6 Å². The Morgan fingerprint density at radius 2 is 1.70 bits per heavy atom. The lowest BCUT2D eigenvalue weighted by Gasteiger charge is -2.23. The van der Waals surface area contributed by atoms with Gasteiger partial charge in [-0.05, 0) is 48.6 Å². The number of hydrogen-bond acceptors (Lipinski definition) is 5. The van der Waals surface area contributed by atoms with Crippen LogP contribution in [0.2, 0.25) is 0 Å². The van der Waals surface area contributed by atoms with Gasteiger partial charge in [-0.1, -0.05) is 6.07 Å². The second-order valence-corrected chi connectivity index (χ2v) is 10.4. The van der Waals surface area contributed by atoms with Crippen molar-refractivity contribution in [2.45, 2.75) is 28.7 Å². The zero-order valence-corrected chi connectivity index (χ0v) is 15.0. The van der Waals surface area contributed by atoms with Crippen LogP contribution in [0.5, 0.6) is 0 Å². The minimum atomic E-state index is -3.63. The van der Waals surface area contributed by atoms with Crippen LogP contribution in [-0.2, 0) is 19.9 Å². The largest absolute Gasteiger partial charge is 0.243 e. The van der Waals surface area contributed by atoms with E-state index in [0.717, 1.165) is 24.0 Å². The van der Waals surface area contributed by atoms with Crippen molar-refractivity contribution in [3.8, 4) is 0 Å². The molecule has 1 saturated heterocycles. The van der Waals surface area contributed by atoms with Gasteiger partial charge in [0.2, 0.25) is 10.0 Å². The standard InChI is InChI=1S/C15H17NO4S3/c1-22(17,18)12-6-8-13(9-7-12)23(19,20)16-10-2-4-14(16)15-5-3-11-21-15/h3,5-9,11,14H,2,4,10H2,1H3. The summed E-state index contributed by atoms with van der Waals surface area (Å²) >= 11 is 1.56. The maximum atomic E-state index is 12.9. The number of hydrogen-bond donors (Lipinski definition) is 0. The molecule has 0 radical (unpaired) electrons. The Morgan fingerprint density at radius 3 is 2.26 bits per heavy atom. The zero-order chi connectivity index (χ0) is 16.7. The van der Waals surface area contributed by atoms with Gasteiger partial charge in [0.1, 0.15) is 0 Å². The lowest BCUT2D eigenvalue weighted by atomic mass is 10.2. The molecule has 2 aromatic rings. The topological polar surface area (TPSA) is 71.5 Å². The van der Waals surface area contributed by atoms with Crippen molar-refractivity contribution in [2.24, 2.45) is 0 Å². The van der Waals surface area contributed by atoms with E-state index in [-0.39, 0.29) is 15.8 Å². The number of thiophene rings is 1. The van der Waals surface area contributed by atoms with Crippen LogP contribution < -0.4 is 0 Å². The molecule has 0 saturated carbocycles. The monoisotopic (exact) mass is 371 g/mol. The van der Waals surface area contributed by atoms with E-state index in [1.807, 2.05) is 17.5 Å². The highest BCUT2D eigenvalue weighted by Crippen LogP contribution is 2.38. The van der Waals surface area contributed by atoms with Crippen LogP contribution in [0.3, 0.4) is 0 Å². The smallest absolute Gasteiger partial charge is 0.224 e. The molecule has 1 aromatic heterocycles. The molecular formula is C15H17NO4S3. The number of rotatable bonds is 4. The van der Waals surface area contributed by atoms with Crippen LogP contribution in [0, 0.1) is 0 Å². The third-order valence-electron chi connectivity index (χ3n) is 3.93. The van der Waals surface area contributed by atoms with Crippen molar-refractivity contribution in [3.63, 3.8) is 0 Å². The highest BCUT2D eigenvalue weighted by atomic mass is 32.2. The molecule has 3 rings (SSSR count). The van der Waals surface area contributed by atoms with E-state index >= 15 is 0 Å². The number of nitrogens with zero attached hydrogens (tertiary/aromatic N) is 1. The van der Waals surface area contributed by atoms with Gasteiger partial charge in [-0.3, -0.25) is 0 Å². The van der Waals surface area contributed by atoms with Crippen LogP contribution in [0.4, 0.5) is 0 Å². The van der Waals surface area contributed by atoms with Crippen LogP contribution in [0.1, 0.15) is 23.8 Å². The second-order valence-electron chi connectivity index (χ2n) is 5.53. The molecule has 1 aromatic carbocycles. The van der Waals surface area contributed by atoms with Crippen LogP contribution in [-0.4, -0.2) is 33.9 Å². The molecule has 124 valence electrons. The minimum absolute atomic E-state index is 0.118. The van der Waals surface area contributed by atoms with E-state index in [1.165, 1.54) is 28.6 Å². The summed E-state index contributed by atoms with van der Waals surface area (Å²) in [5.41, 5.74) is 0. The highest BCUT2D eigenvalue weighted by molar-refractivity contribution is 7.90. The van der Waals surface area contributed by atoms with E-state index in [9.17, 15) is 16.8 Å². The Kier molecular flexibility index (Phi) is 4.35. The molecule has 1 unspecified atom stereocenters. The fraction of sp³-hybridized carbons (Fsp3) is 0.333.